The van der Waals surface area contributed by atoms with E-state index in [9.17, 15) is 4.79 Å². The molecule has 0 rings (SSSR count). The minimum Gasteiger partial charge on any atom is -0.481 e. The molecular formula is C9H18O2. The zero-order chi connectivity index (χ0) is 9.07. The molecule has 0 heterocycles. The molecule has 0 aromatic carbocycles. The molecule has 0 aliphatic carbocycles. The third kappa shape index (κ3) is 2.91. The standard InChI is InChI=1S/C9H18O2/c1-5-9(4,8(10)11)6-7(2)3/h7H,5-6H2,1-4H3,(H,10,11). The lowest BCUT2D eigenvalue weighted by Crippen LogP contribution is -2.28. The van der Waals surface area contributed by atoms with Crippen molar-refractivity contribution >= 4 is 5.97 Å². The van der Waals surface area contributed by atoms with E-state index in [1.54, 1.807) is 0 Å². The molecule has 0 aromatic heterocycles. The maximum atomic E-state index is 10.8. The molecule has 0 aliphatic heterocycles. The van der Waals surface area contributed by atoms with Crippen molar-refractivity contribution in [3.63, 3.8) is 0 Å². The number of carbonyl (C=O) groups is 1. The molecule has 0 spiro atoms. The van der Waals surface area contributed by atoms with Gasteiger partial charge in [0.1, 0.15) is 0 Å². The van der Waals surface area contributed by atoms with Gasteiger partial charge < -0.3 is 5.11 Å². The van der Waals surface area contributed by atoms with Gasteiger partial charge in [-0.2, -0.15) is 0 Å². The number of hydrogen-bond acceptors (Lipinski definition) is 1. The summed E-state index contributed by atoms with van der Waals surface area (Å²) in [5.41, 5.74) is -0.520. The third-order valence-electron chi connectivity index (χ3n) is 2.16. The van der Waals surface area contributed by atoms with Crippen molar-refractivity contribution < 1.29 is 9.90 Å². The maximum absolute atomic E-state index is 10.8. The van der Waals surface area contributed by atoms with Gasteiger partial charge in [0.05, 0.1) is 5.41 Å². The normalized spacial score (nSPS) is 16.5. The van der Waals surface area contributed by atoms with Crippen molar-refractivity contribution in [2.24, 2.45) is 11.3 Å². The van der Waals surface area contributed by atoms with Gasteiger partial charge in [-0.25, -0.2) is 0 Å². The summed E-state index contributed by atoms with van der Waals surface area (Å²) >= 11 is 0. The second kappa shape index (κ2) is 3.74. The summed E-state index contributed by atoms with van der Waals surface area (Å²) in [7, 11) is 0. The summed E-state index contributed by atoms with van der Waals surface area (Å²) in [4.78, 5) is 10.8. The predicted molar refractivity (Wildman–Crippen MR) is 45.5 cm³/mol. The molecule has 2 nitrogen and oxygen atoms in total. The predicted octanol–water partition coefficient (Wildman–Crippen LogP) is 2.53. The Hall–Kier alpha value is -0.530. The quantitative estimate of drug-likeness (QED) is 0.682. The van der Waals surface area contributed by atoms with Crippen LogP contribution in [0.5, 0.6) is 0 Å². The van der Waals surface area contributed by atoms with E-state index in [-0.39, 0.29) is 0 Å². The number of rotatable bonds is 4. The Morgan fingerprint density at radius 1 is 1.55 bits per heavy atom. The van der Waals surface area contributed by atoms with E-state index in [2.05, 4.69) is 13.8 Å². The Morgan fingerprint density at radius 3 is 2.09 bits per heavy atom. The molecule has 0 saturated heterocycles. The Morgan fingerprint density at radius 2 is 2.00 bits per heavy atom. The molecule has 0 fully saturated rings. The highest BCUT2D eigenvalue weighted by Crippen LogP contribution is 2.29. The average Bonchev–Trinajstić information content (AvgIpc) is 1.86. The Labute approximate surface area is 68.6 Å². The smallest absolute Gasteiger partial charge is 0.309 e. The Bertz CT molecular complexity index is 140. The Kier molecular flexibility index (Phi) is 3.56. The highest BCUT2D eigenvalue weighted by molar-refractivity contribution is 5.73. The van der Waals surface area contributed by atoms with Crippen LogP contribution in [0.3, 0.4) is 0 Å². The Balaban J connectivity index is 4.22. The van der Waals surface area contributed by atoms with Crippen LogP contribution in [0.15, 0.2) is 0 Å². The lowest BCUT2D eigenvalue weighted by Gasteiger charge is -2.24. The van der Waals surface area contributed by atoms with E-state index < -0.39 is 11.4 Å². The van der Waals surface area contributed by atoms with Gasteiger partial charge in [0.2, 0.25) is 0 Å². The maximum Gasteiger partial charge on any atom is 0.309 e. The van der Waals surface area contributed by atoms with Crippen LogP contribution in [-0.2, 0) is 4.79 Å². The average molecular weight is 158 g/mol. The summed E-state index contributed by atoms with van der Waals surface area (Å²) in [6.07, 6.45) is 1.47. The van der Waals surface area contributed by atoms with Crippen LogP contribution in [0.1, 0.15) is 40.5 Å². The molecule has 2 heteroatoms. The van der Waals surface area contributed by atoms with Crippen molar-refractivity contribution in [2.75, 3.05) is 0 Å². The summed E-state index contributed by atoms with van der Waals surface area (Å²) in [6, 6.07) is 0. The first-order valence-electron chi connectivity index (χ1n) is 4.15. The SMILES string of the molecule is CCC(C)(CC(C)C)C(=O)O. The van der Waals surface area contributed by atoms with Crippen LogP contribution in [-0.4, -0.2) is 11.1 Å². The van der Waals surface area contributed by atoms with Gasteiger partial charge in [-0.1, -0.05) is 20.8 Å². The minimum absolute atomic E-state index is 0.455. The zero-order valence-corrected chi connectivity index (χ0v) is 7.85. The second-order valence-corrected chi connectivity index (χ2v) is 3.82. The summed E-state index contributed by atoms with van der Waals surface area (Å²) < 4.78 is 0. The van der Waals surface area contributed by atoms with Crippen LogP contribution < -0.4 is 0 Å². The topological polar surface area (TPSA) is 37.3 Å². The molecule has 0 bridgehead atoms. The fourth-order valence-electron chi connectivity index (χ4n) is 1.28. The van der Waals surface area contributed by atoms with E-state index in [0.717, 1.165) is 6.42 Å². The summed E-state index contributed by atoms with van der Waals surface area (Å²) in [5, 5.41) is 8.88. The van der Waals surface area contributed by atoms with E-state index in [1.807, 2.05) is 13.8 Å². The molecule has 66 valence electrons. The van der Waals surface area contributed by atoms with E-state index in [0.29, 0.717) is 12.3 Å². The fourth-order valence-corrected chi connectivity index (χ4v) is 1.28. The lowest BCUT2D eigenvalue weighted by molar-refractivity contribution is -0.149. The first-order chi connectivity index (χ1) is 4.92. The van der Waals surface area contributed by atoms with Crippen molar-refractivity contribution in [2.45, 2.75) is 40.5 Å². The van der Waals surface area contributed by atoms with E-state index in [1.165, 1.54) is 0 Å². The molecule has 1 atom stereocenters. The molecule has 1 N–H and O–H groups in total. The molecular weight excluding hydrogens is 140 g/mol. The van der Waals surface area contributed by atoms with Crippen LogP contribution >= 0.6 is 0 Å². The molecule has 1 unspecified atom stereocenters. The minimum atomic E-state index is -0.672. The van der Waals surface area contributed by atoms with Crippen molar-refractivity contribution in [3.05, 3.63) is 0 Å². The second-order valence-electron chi connectivity index (χ2n) is 3.82. The van der Waals surface area contributed by atoms with Gasteiger partial charge in [0.25, 0.3) is 0 Å². The molecule has 0 saturated carbocycles. The summed E-state index contributed by atoms with van der Waals surface area (Å²) in [6.45, 7) is 7.85. The molecule has 0 amide bonds. The van der Waals surface area contributed by atoms with Gasteiger partial charge in [0.15, 0.2) is 0 Å². The van der Waals surface area contributed by atoms with Crippen LogP contribution in [0.25, 0.3) is 0 Å². The largest absolute Gasteiger partial charge is 0.481 e. The molecule has 11 heavy (non-hydrogen) atoms. The van der Waals surface area contributed by atoms with Crippen molar-refractivity contribution in [1.82, 2.24) is 0 Å². The number of hydrogen-bond donors (Lipinski definition) is 1. The highest BCUT2D eigenvalue weighted by Gasteiger charge is 2.31. The zero-order valence-electron chi connectivity index (χ0n) is 7.85. The number of carboxylic acid groups (broad SMARTS) is 1. The van der Waals surface area contributed by atoms with Gasteiger partial charge >= 0.3 is 5.97 Å². The van der Waals surface area contributed by atoms with Crippen LogP contribution in [0.4, 0.5) is 0 Å². The first kappa shape index (κ1) is 10.5. The van der Waals surface area contributed by atoms with Crippen molar-refractivity contribution in [1.29, 1.82) is 0 Å². The van der Waals surface area contributed by atoms with Crippen molar-refractivity contribution in [3.8, 4) is 0 Å². The first-order valence-corrected chi connectivity index (χ1v) is 4.15. The van der Waals surface area contributed by atoms with Crippen LogP contribution in [0, 0.1) is 11.3 Å². The summed E-state index contributed by atoms with van der Waals surface area (Å²) in [5.74, 6) is -0.218. The highest BCUT2D eigenvalue weighted by atomic mass is 16.4. The molecule has 0 aliphatic rings. The van der Waals surface area contributed by atoms with Crippen LogP contribution in [0.2, 0.25) is 0 Å². The number of aliphatic carboxylic acids is 1. The molecule has 0 aromatic rings. The van der Waals surface area contributed by atoms with E-state index in [4.69, 9.17) is 5.11 Å². The van der Waals surface area contributed by atoms with Gasteiger partial charge in [-0.15, -0.1) is 0 Å². The number of carboxylic acids is 1. The van der Waals surface area contributed by atoms with E-state index >= 15 is 0 Å². The van der Waals surface area contributed by atoms with Gasteiger partial charge in [0, 0.05) is 0 Å². The lowest BCUT2D eigenvalue weighted by atomic mass is 9.80. The third-order valence-corrected chi connectivity index (χ3v) is 2.16. The van der Waals surface area contributed by atoms with Gasteiger partial charge in [-0.05, 0) is 25.7 Å². The monoisotopic (exact) mass is 158 g/mol. The fraction of sp³-hybridized carbons (Fsp3) is 0.889. The molecule has 0 radical (unpaired) electrons. The van der Waals surface area contributed by atoms with Gasteiger partial charge in [-0.3, -0.25) is 4.79 Å².